The highest BCUT2D eigenvalue weighted by Crippen LogP contribution is 2.41. The van der Waals surface area contributed by atoms with Gasteiger partial charge in [-0.1, -0.05) is 31.4 Å². The lowest BCUT2D eigenvalue weighted by atomic mass is 9.69. The average Bonchev–Trinajstić information content (AvgIpc) is 2.74. The fourth-order valence-corrected chi connectivity index (χ4v) is 3.62. The number of rotatable bonds is 5. The Kier molecular flexibility index (Phi) is 5.76. The molecule has 27 heavy (non-hydrogen) atoms. The first kappa shape index (κ1) is 18.9. The lowest BCUT2D eigenvalue weighted by Crippen LogP contribution is -2.41. The molecule has 6 nitrogen and oxygen atoms in total. The van der Waals surface area contributed by atoms with Crippen LogP contribution in [0.15, 0.2) is 48.5 Å². The molecule has 1 fully saturated rings. The van der Waals surface area contributed by atoms with Crippen LogP contribution in [0.2, 0.25) is 0 Å². The van der Waals surface area contributed by atoms with Crippen molar-refractivity contribution in [3.05, 3.63) is 59.7 Å². The molecule has 0 atom stereocenters. The number of amides is 1. The lowest BCUT2D eigenvalue weighted by Gasteiger charge is -2.35. The van der Waals surface area contributed by atoms with Crippen LogP contribution in [0.1, 0.15) is 48.0 Å². The van der Waals surface area contributed by atoms with Crippen molar-refractivity contribution in [1.82, 2.24) is 5.48 Å². The second kappa shape index (κ2) is 8.22. The van der Waals surface area contributed by atoms with Crippen molar-refractivity contribution in [2.75, 3.05) is 7.11 Å². The van der Waals surface area contributed by atoms with Crippen molar-refractivity contribution < 1.29 is 24.3 Å². The molecule has 0 heterocycles. The number of methoxy groups -OCH3 is 1. The summed E-state index contributed by atoms with van der Waals surface area (Å²) in [4.78, 5) is 24.6. The topological polar surface area (TPSA) is 84.9 Å². The minimum atomic E-state index is -0.675. The van der Waals surface area contributed by atoms with Crippen LogP contribution in [0.5, 0.6) is 11.5 Å². The summed E-state index contributed by atoms with van der Waals surface area (Å²) in [7, 11) is 1.61. The number of carbonyl (C=O) groups excluding carboxylic acids is 2. The first-order valence-electron chi connectivity index (χ1n) is 9.00. The molecule has 1 saturated carbocycles. The van der Waals surface area contributed by atoms with Gasteiger partial charge >= 0.3 is 5.97 Å². The summed E-state index contributed by atoms with van der Waals surface area (Å²) in [5.74, 6) is 0.213. The summed E-state index contributed by atoms with van der Waals surface area (Å²) < 4.78 is 10.9. The highest BCUT2D eigenvalue weighted by molar-refractivity contribution is 5.93. The zero-order chi connectivity index (χ0) is 19.3. The molecule has 2 aromatic carbocycles. The van der Waals surface area contributed by atoms with E-state index in [2.05, 4.69) is 0 Å². The quantitative estimate of drug-likeness (QED) is 0.364. The molecule has 142 valence electrons. The minimum Gasteiger partial charge on any atom is -0.497 e. The number of hydroxylamine groups is 1. The van der Waals surface area contributed by atoms with Crippen LogP contribution in [0, 0.1) is 0 Å². The fraction of sp³-hybridized carbons (Fsp3) is 0.333. The number of benzene rings is 2. The third kappa shape index (κ3) is 3.95. The van der Waals surface area contributed by atoms with Gasteiger partial charge in [-0.15, -0.1) is 0 Å². The molecule has 2 N–H and O–H groups in total. The first-order chi connectivity index (χ1) is 13.1. The molecular weight excluding hydrogens is 346 g/mol. The number of carbonyl (C=O) groups is 2. The third-order valence-electron chi connectivity index (χ3n) is 5.17. The van der Waals surface area contributed by atoms with Crippen molar-refractivity contribution in [2.24, 2.45) is 0 Å². The van der Waals surface area contributed by atoms with Gasteiger partial charge in [-0.25, -0.2) is 5.48 Å². The van der Waals surface area contributed by atoms with Crippen LogP contribution >= 0.6 is 0 Å². The highest BCUT2D eigenvalue weighted by Gasteiger charge is 2.43. The monoisotopic (exact) mass is 369 g/mol. The first-order valence-corrected chi connectivity index (χ1v) is 9.00. The maximum atomic E-state index is 13.1. The number of ether oxygens (including phenoxy) is 2. The maximum Gasteiger partial charge on any atom is 0.321 e. The van der Waals surface area contributed by atoms with Crippen LogP contribution in [-0.4, -0.2) is 24.2 Å². The van der Waals surface area contributed by atoms with E-state index in [9.17, 15) is 9.59 Å². The molecule has 0 unspecified atom stereocenters. The van der Waals surface area contributed by atoms with E-state index in [1.807, 2.05) is 24.3 Å². The van der Waals surface area contributed by atoms with Crippen LogP contribution in [0.3, 0.4) is 0 Å². The van der Waals surface area contributed by atoms with E-state index in [-0.39, 0.29) is 11.5 Å². The Hall–Kier alpha value is -2.86. The summed E-state index contributed by atoms with van der Waals surface area (Å²) in [6, 6.07) is 13.7. The van der Waals surface area contributed by atoms with E-state index >= 15 is 0 Å². The average molecular weight is 369 g/mol. The molecule has 0 saturated heterocycles. The van der Waals surface area contributed by atoms with E-state index in [1.165, 1.54) is 12.1 Å². The van der Waals surface area contributed by atoms with E-state index in [0.717, 1.165) is 43.4 Å². The molecule has 0 radical (unpaired) electrons. The molecule has 1 amide bonds. The van der Waals surface area contributed by atoms with Crippen LogP contribution in [-0.2, 0) is 10.2 Å². The molecule has 1 aliphatic carbocycles. The Morgan fingerprint density at radius 1 is 0.926 bits per heavy atom. The molecular formula is C21H23NO5. The summed E-state index contributed by atoms with van der Waals surface area (Å²) in [6.45, 7) is 0. The number of hydrogen-bond donors (Lipinski definition) is 2. The number of nitrogens with one attached hydrogen (secondary N) is 1. The molecule has 3 rings (SSSR count). The van der Waals surface area contributed by atoms with E-state index < -0.39 is 11.3 Å². The summed E-state index contributed by atoms with van der Waals surface area (Å²) >= 11 is 0. The van der Waals surface area contributed by atoms with Crippen molar-refractivity contribution in [3.8, 4) is 11.5 Å². The van der Waals surface area contributed by atoms with Crippen LogP contribution < -0.4 is 15.0 Å². The smallest absolute Gasteiger partial charge is 0.321 e. The maximum absolute atomic E-state index is 13.1. The predicted molar refractivity (Wildman–Crippen MR) is 99.1 cm³/mol. The Morgan fingerprint density at radius 3 is 2.07 bits per heavy atom. The van der Waals surface area contributed by atoms with Gasteiger partial charge in [0.15, 0.2) is 0 Å². The summed E-state index contributed by atoms with van der Waals surface area (Å²) in [5.41, 5.74) is 2.11. The Morgan fingerprint density at radius 2 is 1.52 bits per heavy atom. The largest absolute Gasteiger partial charge is 0.497 e. The van der Waals surface area contributed by atoms with Crippen molar-refractivity contribution >= 4 is 11.9 Å². The Balaban J connectivity index is 1.84. The van der Waals surface area contributed by atoms with Crippen molar-refractivity contribution in [3.63, 3.8) is 0 Å². The van der Waals surface area contributed by atoms with Gasteiger partial charge in [-0.3, -0.25) is 14.8 Å². The molecule has 1 aliphatic rings. The lowest BCUT2D eigenvalue weighted by molar-refractivity contribution is -0.142. The van der Waals surface area contributed by atoms with Gasteiger partial charge in [0.25, 0.3) is 5.91 Å². The van der Waals surface area contributed by atoms with Gasteiger partial charge in [0, 0.05) is 5.56 Å². The van der Waals surface area contributed by atoms with Crippen LogP contribution in [0.4, 0.5) is 0 Å². The molecule has 6 heteroatoms. The standard InChI is InChI=1S/C21H23NO5/c1-26-17-11-7-16(8-12-17)21(13-3-2-4-14-21)20(24)27-18-9-5-15(6-10-18)19(23)22-25/h5-12,25H,2-4,13-14H2,1H3,(H,22,23). The normalized spacial score (nSPS) is 15.6. The third-order valence-corrected chi connectivity index (χ3v) is 5.17. The second-order valence-electron chi connectivity index (χ2n) is 6.73. The number of esters is 1. The van der Waals surface area contributed by atoms with Gasteiger partial charge in [0.1, 0.15) is 11.5 Å². The summed E-state index contributed by atoms with van der Waals surface area (Å²) in [6.07, 6.45) is 4.52. The van der Waals surface area contributed by atoms with Gasteiger partial charge in [0.2, 0.25) is 0 Å². The number of hydrogen-bond acceptors (Lipinski definition) is 5. The zero-order valence-corrected chi connectivity index (χ0v) is 15.2. The minimum absolute atomic E-state index is 0.278. The van der Waals surface area contributed by atoms with E-state index in [0.29, 0.717) is 5.75 Å². The molecule has 0 spiro atoms. The van der Waals surface area contributed by atoms with Gasteiger partial charge in [-0.2, -0.15) is 0 Å². The van der Waals surface area contributed by atoms with Gasteiger partial charge < -0.3 is 9.47 Å². The molecule has 0 aromatic heterocycles. The van der Waals surface area contributed by atoms with E-state index in [4.69, 9.17) is 14.7 Å². The van der Waals surface area contributed by atoms with Gasteiger partial charge in [-0.05, 0) is 54.8 Å². The molecule has 2 aromatic rings. The van der Waals surface area contributed by atoms with E-state index in [1.54, 1.807) is 24.7 Å². The van der Waals surface area contributed by atoms with Crippen molar-refractivity contribution in [1.29, 1.82) is 0 Å². The SMILES string of the molecule is COc1ccc(C2(C(=O)Oc3ccc(C(=O)NO)cc3)CCCCC2)cc1. The Bertz CT molecular complexity index is 792. The zero-order valence-electron chi connectivity index (χ0n) is 15.2. The molecule has 0 aliphatic heterocycles. The molecule has 0 bridgehead atoms. The van der Waals surface area contributed by atoms with Crippen molar-refractivity contribution in [2.45, 2.75) is 37.5 Å². The fourth-order valence-electron chi connectivity index (χ4n) is 3.62. The summed E-state index contributed by atoms with van der Waals surface area (Å²) in [5, 5.41) is 8.68. The highest BCUT2D eigenvalue weighted by atomic mass is 16.5. The second-order valence-corrected chi connectivity index (χ2v) is 6.73. The van der Waals surface area contributed by atoms with Gasteiger partial charge in [0.05, 0.1) is 12.5 Å². The predicted octanol–water partition coefficient (Wildman–Crippen LogP) is 3.62. The Labute approximate surface area is 158 Å². The van der Waals surface area contributed by atoms with Crippen LogP contribution in [0.25, 0.3) is 0 Å².